The molecular weight excluding hydrogens is 362 g/mol. The van der Waals surface area contributed by atoms with Crippen LogP contribution in [0.5, 0.6) is 0 Å². The van der Waals surface area contributed by atoms with E-state index in [0.717, 1.165) is 12.8 Å². The minimum absolute atomic E-state index is 0.0493. The monoisotopic (exact) mass is 391 g/mol. The van der Waals surface area contributed by atoms with E-state index >= 15 is 0 Å². The molecule has 5 nitrogen and oxygen atoms in total. The highest BCUT2D eigenvalue weighted by atomic mass is 16.5. The minimum Gasteiger partial charge on any atom is -0.469 e. The average molecular weight is 392 g/mol. The first-order valence-electron chi connectivity index (χ1n) is 10.4. The fourth-order valence-electron chi connectivity index (χ4n) is 4.86. The van der Waals surface area contributed by atoms with E-state index in [1.807, 2.05) is 9.80 Å². The number of rotatable bonds is 2. The predicted molar refractivity (Wildman–Crippen MR) is 114 cm³/mol. The van der Waals surface area contributed by atoms with E-state index in [2.05, 4.69) is 62.4 Å². The summed E-state index contributed by atoms with van der Waals surface area (Å²) in [5.74, 6) is 0.128. The Balaban J connectivity index is 1.87. The van der Waals surface area contributed by atoms with E-state index in [1.54, 1.807) is 0 Å². The van der Waals surface area contributed by atoms with Crippen molar-refractivity contribution >= 4 is 11.9 Å². The van der Waals surface area contributed by atoms with Crippen LogP contribution in [0.2, 0.25) is 0 Å². The third-order valence-corrected chi connectivity index (χ3v) is 6.32. The molecule has 1 aliphatic carbocycles. The van der Waals surface area contributed by atoms with Gasteiger partial charge >= 0.3 is 0 Å². The van der Waals surface area contributed by atoms with Crippen molar-refractivity contribution in [2.24, 2.45) is 0 Å². The van der Waals surface area contributed by atoms with E-state index in [1.165, 1.54) is 29.4 Å². The summed E-state index contributed by atoms with van der Waals surface area (Å²) in [6.07, 6.45) is 2.01. The van der Waals surface area contributed by atoms with Crippen molar-refractivity contribution in [3.63, 3.8) is 0 Å². The fraction of sp³-hybridized carbons (Fsp3) is 0.417. The summed E-state index contributed by atoms with van der Waals surface area (Å²) in [4.78, 5) is 16.6. The standard InChI is InChI=1S/C24H29N3O2/c1-16(2)26-14-21(27(15-22(26)28)24(25)29-3)23-19-10-6-4-8-17(19)12-13-18-9-5-7-11-20(18)23/h4-11,16,21,23,25H,12-15H2,1-3H3/t21-/m1/s1. The molecule has 0 spiro atoms. The number of ether oxygens (including phenoxy) is 1. The Morgan fingerprint density at radius 1 is 1.03 bits per heavy atom. The van der Waals surface area contributed by atoms with E-state index < -0.39 is 0 Å². The maximum absolute atomic E-state index is 12.8. The Bertz CT molecular complexity index is 876. The third-order valence-electron chi connectivity index (χ3n) is 6.32. The van der Waals surface area contributed by atoms with Gasteiger partial charge < -0.3 is 14.5 Å². The molecule has 29 heavy (non-hydrogen) atoms. The molecule has 0 radical (unpaired) electrons. The summed E-state index contributed by atoms with van der Waals surface area (Å²) in [6, 6.07) is 17.4. The van der Waals surface area contributed by atoms with E-state index in [4.69, 9.17) is 10.1 Å². The molecule has 1 aliphatic heterocycles. The zero-order valence-corrected chi connectivity index (χ0v) is 17.4. The number of nitrogens with one attached hydrogen (secondary N) is 1. The Morgan fingerprint density at radius 3 is 2.10 bits per heavy atom. The van der Waals surface area contributed by atoms with Crippen LogP contribution in [0.1, 0.15) is 42.0 Å². The van der Waals surface area contributed by atoms with Gasteiger partial charge in [-0.1, -0.05) is 48.5 Å². The van der Waals surface area contributed by atoms with Crippen LogP contribution < -0.4 is 0 Å². The van der Waals surface area contributed by atoms with Gasteiger partial charge in [-0.15, -0.1) is 0 Å². The summed E-state index contributed by atoms with van der Waals surface area (Å²) < 4.78 is 5.30. The lowest BCUT2D eigenvalue weighted by Crippen LogP contribution is -2.61. The number of piperazine rings is 1. The topological polar surface area (TPSA) is 56.6 Å². The second-order valence-corrected chi connectivity index (χ2v) is 8.22. The third kappa shape index (κ3) is 3.50. The van der Waals surface area contributed by atoms with Crippen molar-refractivity contribution in [3.05, 3.63) is 70.8 Å². The zero-order valence-electron chi connectivity index (χ0n) is 17.4. The van der Waals surface area contributed by atoms with Crippen molar-refractivity contribution in [1.29, 1.82) is 5.41 Å². The van der Waals surface area contributed by atoms with E-state index in [-0.39, 0.29) is 36.5 Å². The Hall–Kier alpha value is -2.82. The number of carbonyl (C=O) groups is 1. The van der Waals surface area contributed by atoms with Crippen LogP contribution in [-0.4, -0.2) is 54.0 Å². The lowest BCUT2D eigenvalue weighted by Gasteiger charge is -2.46. The predicted octanol–water partition coefficient (Wildman–Crippen LogP) is 3.42. The van der Waals surface area contributed by atoms with Gasteiger partial charge in [0.2, 0.25) is 5.91 Å². The van der Waals surface area contributed by atoms with Crippen molar-refractivity contribution < 1.29 is 9.53 Å². The second kappa shape index (κ2) is 7.90. The number of amides is 1. The van der Waals surface area contributed by atoms with Crippen LogP contribution in [0, 0.1) is 5.41 Å². The molecule has 0 aromatic heterocycles. The normalized spacial score (nSPS) is 19.6. The molecule has 1 amide bonds. The highest BCUT2D eigenvalue weighted by molar-refractivity contribution is 5.85. The van der Waals surface area contributed by atoms with Crippen LogP contribution in [0.3, 0.4) is 0 Å². The molecule has 5 heteroatoms. The summed E-state index contributed by atoms with van der Waals surface area (Å²) in [5.41, 5.74) is 5.31. The SMILES string of the molecule is COC(=N)N1CC(=O)N(C(C)C)C[C@@H]1C1c2ccccc2CCc2ccccc21. The molecule has 1 heterocycles. The first-order chi connectivity index (χ1) is 14.0. The molecule has 4 rings (SSSR count). The van der Waals surface area contributed by atoms with Gasteiger partial charge in [0, 0.05) is 18.5 Å². The molecule has 2 aromatic carbocycles. The number of fused-ring (bicyclic) bond motifs is 2. The maximum Gasteiger partial charge on any atom is 0.284 e. The number of nitrogens with zero attached hydrogens (tertiary/aromatic N) is 2. The molecular formula is C24H29N3O2. The molecule has 2 aromatic rings. The van der Waals surface area contributed by atoms with Crippen molar-refractivity contribution in [3.8, 4) is 0 Å². The van der Waals surface area contributed by atoms with Gasteiger partial charge in [0.1, 0.15) is 6.54 Å². The molecule has 0 unspecified atom stereocenters. The lowest BCUT2D eigenvalue weighted by molar-refractivity contribution is -0.139. The number of carbonyl (C=O) groups excluding carboxylic acids is 1. The molecule has 1 fully saturated rings. The molecule has 1 saturated heterocycles. The molecule has 0 saturated carbocycles. The first-order valence-corrected chi connectivity index (χ1v) is 10.4. The number of hydrogen-bond acceptors (Lipinski definition) is 3. The van der Waals surface area contributed by atoms with E-state index in [0.29, 0.717) is 6.54 Å². The smallest absolute Gasteiger partial charge is 0.284 e. The van der Waals surface area contributed by atoms with Gasteiger partial charge in [0.25, 0.3) is 6.02 Å². The first kappa shape index (κ1) is 19.5. The van der Waals surface area contributed by atoms with Crippen LogP contribution in [-0.2, 0) is 22.4 Å². The van der Waals surface area contributed by atoms with Gasteiger partial charge in [-0.2, -0.15) is 0 Å². The highest BCUT2D eigenvalue weighted by Crippen LogP contribution is 2.39. The quantitative estimate of drug-likeness (QED) is 0.630. The summed E-state index contributed by atoms with van der Waals surface area (Å²) in [7, 11) is 1.51. The van der Waals surface area contributed by atoms with Crippen LogP contribution >= 0.6 is 0 Å². The number of benzene rings is 2. The molecule has 1 N–H and O–H groups in total. The molecule has 0 bridgehead atoms. The Kier molecular flexibility index (Phi) is 5.31. The number of aryl methyl sites for hydroxylation is 2. The summed E-state index contributed by atoms with van der Waals surface area (Å²) in [6.45, 7) is 4.87. The Labute approximate surface area is 172 Å². The van der Waals surface area contributed by atoms with Gasteiger partial charge in [-0.3, -0.25) is 10.2 Å². The summed E-state index contributed by atoms with van der Waals surface area (Å²) in [5, 5.41) is 8.40. The molecule has 1 atom stereocenters. The summed E-state index contributed by atoms with van der Waals surface area (Å²) >= 11 is 0. The van der Waals surface area contributed by atoms with Crippen LogP contribution in [0.15, 0.2) is 48.5 Å². The van der Waals surface area contributed by atoms with Crippen LogP contribution in [0.4, 0.5) is 0 Å². The van der Waals surface area contributed by atoms with Crippen molar-refractivity contribution in [2.75, 3.05) is 20.2 Å². The van der Waals surface area contributed by atoms with Gasteiger partial charge in [-0.25, -0.2) is 0 Å². The van der Waals surface area contributed by atoms with Crippen molar-refractivity contribution in [1.82, 2.24) is 9.80 Å². The minimum atomic E-state index is -0.0528. The largest absolute Gasteiger partial charge is 0.469 e. The van der Waals surface area contributed by atoms with Crippen molar-refractivity contribution in [2.45, 2.75) is 44.7 Å². The average Bonchev–Trinajstić information content (AvgIpc) is 2.90. The zero-order chi connectivity index (χ0) is 20.5. The maximum atomic E-state index is 12.8. The van der Waals surface area contributed by atoms with E-state index in [9.17, 15) is 4.79 Å². The van der Waals surface area contributed by atoms with Gasteiger partial charge in [0.15, 0.2) is 0 Å². The number of methoxy groups -OCH3 is 1. The van der Waals surface area contributed by atoms with Gasteiger partial charge in [-0.05, 0) is 48.9 Å². The highest BCUT2D eigenvalue weighted by Gasteiger charge is 2.42. The number of hydrogen-bond donors (Lipinski definition) is 1. The van der Waals surface area contributed by atoms with Gasteiger partial charge in [0.05, 0.1) is 13.2 Å². The fourth-order valence-corrected chi connectivity index (χ4v) is 4.86. The Morgan fingerprint density at radius 2 is 1.59 bits per heavy atom. The lowest BCUT2D eigenvalue weighted by atomic mass is 9.80. The molecule has 152 valence electrons. The second-order valence-electron chi connectivity index (χ2n) is 8.22. The number of amidine groups is 1. The van der Waals surface area contributed by atoms with Crippen LogP contribution in [0.25, 0.3) is 0 Å². The molecule has 2 aliphatic rings.